The minimum absolute atomic E-state index is 0.0758. The van der Waals surface area contributed by atoms with Gasteiger partial charge in [-0.05, 0) is 24.6 Å². The number of carbonyl (C=O) groups excluding carboxylic acids is 1. The van der Waals surface area contributed by atoms with Crippen LogP contribution in [-0.2, 0) is 11.3 Å². The number of aromatic amines is 1. The van der Waals surface area contributed by atoms with E-state index in [9.17, 15) is 4.79 Å². The minimum Gasteiger partial charge on any atom is -0.497 e. The molecule has 1 aromatic heterocycles. The Morgan fingerprint density at radius 3 is 2.76 bits per heavy atom. The minimum atomic E-state index is -0.226. The SMILES string of the molecule is COc1ccc2nc(SC(C)C(=O)N(C)Cc3ccccc3)[nH]c2c1. The molecule has 6 heteroatoms. The van der Waals surface area contributed by atoms with E-state index < -0.39 is 0 Å². The summed E-state index contributed by atoms with van der Waals surface area (Å²) in [4.78, 5) is 22.1. The largest absolute Gasteiger partial charge is 0.497 e. The molecule has 130 valence electrons. The summed E-state index contributed by atoms with van der Waals surface area (Å²) in [5.41, 5.74) is 2.88. The molecular formula is C19H21N3O2S. The fourth-order valence-electron chi connectivity index (χ4n) is 2.61. The van der Waals surface area contributed by atoms with Crippen LogP contribution in [0.4, 0.5) is 0 Å². The first-order chi connectivity index (χ1) is 12.1. The van der Waals surface area contributed by atoms with Crippen molar-refractivity contribution in [1.82, 2.24) is 14.9 Å². The zero-order valence-electron chi connectivity index (χ0n) is 14.5. The zero-order valence-corrected chi connectivity index (χ0v) is 15.3. The number of aromatic nitrogens is 2. The molecule has 0 aliphatic rings. The van der Waals surface area contributed by atoms with Crippen molar-refractivity contribution < 1.29 is 9.53 Å². The zero-order chi connectivity index (χ0) is 17.8. The smallest absolute Gasteiger partial charge is 0.235 e. The van der Waals surface area contributed by atoms with Crippen LogP contribution in [0.1, 0.15) is 12.5 Å². The summed E-state index contributed by atoms with van der Waals surface area (Å²) in [7, 11) is 3.46. The molecule has 1 atom stereocenters. The van der Waals surface area contributed by atoms with Crippen LogP contribution < -0.4 is 4.74 Å². The second-order valence-corrected chi connectivity index (χ2v) is 7.19. The predicted octanol–water partition coefficient (Wildman–Crippen LogP) is 3.71. The van der Waals surface area contributed by atoms with Crippen molar-refractivity contribution in [3.63, 3.8) is 0 Å². The van der Waals surface area contributed by atoms with Crippen LogP contribution in [0.5, 0.6) is 5.75 Å². The highest BCUT2D eigenvalue weighted by molar-refractivity contribution is 8.00. The molecule has 1 amide bonds. The third-order valence-electron chi connectivity index (χ3n) is 3.94. The third kappa shape index (κ3) is 4.14. The molecule has 25 heavy (non-hydrogen) atoms. The monoisotopic (exact) mass is 355 g/mol. The molecule has 0 spiro atoms. The molecule has 0 saturated carbocycles. The second-order valence-electron chi connectivity index (χ2n) is 5.87. The maximum Gasteiger partial charge on any atom is 0.235 e. The van der Waals surface area contributed by atoms with Crippen molar-refractivity contribution in [3.8, 4) is 5.75 Å². The van der Waals surface area contributed by atoms with Crippen LogP contribution in [0.2, 0.25) is 0 Å². The average molecular weight is 355 g/mol. The van der Waals surface area contributed by atoms with Gasteiger partial charge in [-0.3, -0.25) is 4.79 Å². The topological polar surface area (TPSA) is 58.2 Å². The Hall–Kier alpha value is -2.47. The maximum atomic E-state index is 12.6. The van der Waals surface area contributed by atoms with Gasteiger partial charge in [-0.15, -0.1) is 0 Å². The summed E-state index contributed by atoms with van der Waals surface area (Å²) < 4.78 is 5.22. The first kappa shape index (κ1) is 17.4. The summed E-state index contributed by atoms with van der Waals surface area (Å²) in [5.74, 6) is 0.853. The molecule has 1 unspecified atom stereocenters. The van der Waals surface area contributed by atoms with Gasteiger partial charge in [0.2, 0.25) is 5.91 Å². The number of rotatable bonds is 6. The third-order valence-corrected chi connectivity index (χ3v) is 4.91. The molecule has 5 nitrogen and oxygen atoms in total. The van der Waals surface area contributed by atoms with Crippen LogP contribution in [-0.4, -0.2) is 40.2 Å². The highest BCUT2D eigenvalue weighted by atomic mass is 32.2. The Morgan fingerprint density at radius 1 is 1.28 bits per heavy atom. The van der Waals surface area contributed by atoms with E-state index in [1.165, 1.54) is 11.8 Å². The molecule has 3 rings (SSSR count). The van der Waals surface area contributed by atoms with Crippen molar-refractivity contribution in [2.45, 2.75) is 23.9 Å². The highest BCUT2D eigenvalue weighted by Gasteiger charge is 2.20. The number of fused-ring (bicyclic) bond motifs is 1. The van der Waals surface area contributed by atoms with Gasteiger partial charge in [0.25, 0.3) is 0 Å². The molecule has 0 saturated heterocycles. The van der Waals surface area contributed by atoms with E-state index in [0.717, 1.165) is 27.5 Å². The van der Waals surface area contributed by atoms with E-state index >= 15 is 0 Å². The molecule has 3 aromatic rings. The van der Waals surface area contributed by atoms with Gasteiger partial charge in [0.05, 0.1) is 23.4 Å². The molecule has 0 aliphatic carbocycles. The molecule has 2 aromatic carbocycles. The van der Waals surface area contributed by atoms with E-state index in [4.69, 9.17) is 4.74 Å². The van der Waals surface area contributed by atoms with Gasteiger partial charge in [0.15, 0.2) is 5.16 Å². The van der Waals surface area contributed by atoms with E-state index in [2.05, 4.69) is 9.97 Å². The summed E-state index contributed by atoms with van der Waals surface area (Å²) in [6.45, 7) is 2.50. The number of nitrogens with zero attached hydrogens (tertiary/aromatic N) is 2. The molecular weight excluding hydrogens is 334 g/mol. The van der Waals surface area contributed by atoms with Crippen molar-refractivity contribution in [2.75, 3.05) is 14.2 Å². The lowest BCUT2D eigenvalue weighted by molar-refractivity contribution is -0.129. The number of methoxy groups -OCH3 is 1. The molecule has 0 fully saturated rings. The maximum absolute atomic E-state index is 12.6. The molecule has 0 bridgehead atoms. The number of carbonyl (C=O) groups is 1. The number of hydrogen-bond donors (Lipinski definition) is 1. The molecule has 0 aliphatic heterocycles. The van der Waals surface area contributed by atoms with Crippen molar-refractivity contribution in [3.05, 3.63) is 54.1 Å². The predicted molar refractivity (Wildman–Crippen MR) is 101 cm³/mol. The quantitative estimate of drug-likeness (QED) is 0.685. The summed E-state index contributed by atoms with van der Waals surface area (Å²) in [6.07, 6.45) is 0. The van der Waals surface area contributed by atoms with Crippen LogP contribution in [0.15, 0.2) is 53.7 Å². The van der Waals surface area contributed by atoms with E-state index in [0.29, 0.717) is 6.54 Å². The average Bonchev–Trinajstić information content (AvgIpc) is 3.02. The van der Waals surface area contributed by atoms with Crippen LogP contribution in [0, 0.1) is 0 Å². The van der Waals surface area contributed by atoms with E-state index in [-0.39, 0.29) is 11.2 Å². The van der Waals surface area contributed by atoms with Crippen LogP contribution >= 0.6 is 11.8 Å². The normalized spacial score (nSPS) is 12.1. The van der Waals surface area contributed by atoms with Gasteiger partial charge in [-0.1, -0.05) is 42.1 Å². The van der Waals surface area contributed by atoms with Gasteiger partial charge >= 0.3 is 0 Å². The lowest BCUT2D eigenvalue weighted by atomic mass is 10.2. The number of thioether (sulfide) groups is 1. The molecule has 1 heterocycles. The Labute approximate surface area is 151 Å². The fourth-order valence-corrected chi connectivity index (χ4v) is 3.55. The lowest BCUT2D eigenvalue weighted by Gasteiger charge is -2.20. The summed E-state index contributed by atoms with van der Waals surface area (Å²) >= 11 is 1.43. The Bertz CT molecular complexity index is 863. The Kier molecular flexibility index (Phi) is 5.28. The van der Waals surface area contributed by atoms with Crippen LogP contribution in [0.3, 0.4) is 0 Å². The molecule has 1 N–H and O–H groups in total. The number of H-pyrrole nitrogens is 1. The van der Waals surface area contributed by atoms with Gasteiger partial charge < -0.3 is 14.6 Å². The lowest BCUT2D eigenvalue weighted by Crippen LogP contribution is -2.32. The van der Waals surface area contributed by atoms with Crippen molar-refractivity contribution >= 4 is 28.7 Å². The number of amides is 1. The highest BCUT2D eigenvalue weighted by Crippen LogP contribution is 2.26. The number of nitrogens with one attached hydrogen (secondary N) is 1. The summed E-state index contributed by atoms with van der Waals surface area (Å²) in [6, 6.07) is 15.7. The number of hydrogen-bond acceptors (Lipinski definition) is 4. The standard InChI is InChI=1S/C19H21N3O2S/c1-13(18(23)22(2)12-14-7-5-4-6-8-14)25-19-20-16-10-9-15(24-3)11-17(16)21-19/h4-11,13H,12H2,1-3H3,(H,20,21). The first-order valence-electron chi connectivity index (χ1n) is 8.06. The molecule has 0 radical (unpaired) electrons. The van der Waals surface area contributed by atoms with Crippen molar-refractivity contribution in [2.24, 2.45) is 0 Å². The van der Waals surface area contributed by atoms with Gasteiger partial charge in [0, 0.05) is 19.7 Å². The van der Waals surface area contributed by atoms with Gasteiger partial charge in [0.1, 0.15) is 5.75 Å². The van der Waals surface area contributed by atoms with E-state index in [1.807, 2.05) is 62.5 Å². The van der Waals surface area contributed by atoms with Crippen LogP contribution in [0.25, 0.3) is 11.0 Å². The summed E-state index contributed by atoms with van der Waals surface area (Å²) in [5, 5.41) is 0.508. The second kappa shape index (κ2) is 7.61. The number of imidazole rings is 1. The fraction of sp³-hybridized carbons (Fsp3) is 0.263. The first-order valence-corrected chi connectivity index (χ1v) is 8.94. The number of ether oxygens (including phenoxy) is 1. The van der Waals surface area contributed by atoms with E-state index in [1.54, 1.807) is 12.0 Å². The Morgan fingerprint density at radius 2 is 2.04 bits per heavy atom. The number of benzene rings is 2. The Balaban J connectivity index is 1.66. The van der Waals surface area contributed by atoms with Gasteiger partial charge in [-0.2, -0.15) is 0 Å². The van der Waals surface area contributed by atoms with Crippen molar-refractivity contribution in [1.29, 1.82) is 0 Å². The van der Waals surface area contributed by atoms with Gasteiger partial charge in [-0.25, -0.2) is 4.98 Å².